The zero-order valence-corrected chi connectivity index (χ0v) is 5.93. The average Bonchev–Trinajstić information content (AvgIpc) is 1.80. The predicted octanol–water partition coefficient (Wildman–Crippen LogP) is 1.10. The van der Waals surface area contributed by atoms with Gasteiger partial charge in [0, 0.05) is 6.07 Å². The monoisotopic (exact) mass is 161 g/mol. The first-order valence-electron chi connectivity index (χ1n) is 2.47. The van der Waals surface area contributed by atoms with Crippen molar-refractivity contribution in [2.45, 2.75) is 0 Å². The molecule has 0 spiro atoms. The van der Waals surface area contributed by atoms with E-state index in [-0.39, 0.29) is 29.6 Å². The lowest BCUT2D eigenvalue weighted by atomic mass is 10.3. The van der Waals surface area contributed by atoms with Crippen LogP contribution in [0.15, 0.2) is 18.2 Å². The molecule has 10 heavy (non-hydrogen) atoms. The Bertz CT molecular complexity index is 227. The van der Waals surface area contributed by atoms with Crippen molar-refractivity contribution in [3.05, 3.63) is 18.2 Å². The Balaban J connectivity index is 0.000000810. The summed E-state index contributed by atoms with van der Waals surface area (Å²) in [7, 11) is 0. The number of nitrogens with two attached hydrogens (primary N) is 1. The van der Waals surface area contributed by atoms with Crippen LogP contribution in [0.25, 0.3) is 0 Å². The summed E-state index contributed by atoms with van der Waals surface area (Å²) in [4.78, 5) is 0. The maximum atomic E-state index is 8.81. The number of aromatic hydroxyl groups is 2. The molecule has 0 aliphatic heterocycles. The first kappa shape index (κ1) is 8.91. The largest absolute Gasteiger partial charge is 0.508 e. The fourth-order valence-electron chi connectivity index (χ4n) is 0.542. The highest BCUT2D eigenvalue weighted by atomic mass is 35.5. The van der Waals surface area contributed by atoms with Crippen molar-refractivity contribution in [2.24, 2.45) is 0 Å². The second kappa shape index (κ2) is 3.17. The molecular weight excluding hydrogens is 154 g/mol. The zero-order chi connectivity index (χ0) is 6.85. The molecule has 0 saturated heterocycles. The highest BCUT2D eigenvalue weighted by Gasteiger charge is 1.94. The third-order valence-corrected chi connectivity index (χ3v) is 1.01. The molecule has 0 heterocycles. The third kappa shape index (κ3) is 1.70. The first-order valence-corrected chi connectivity index (χ1v) is 2.47. The van der Waals surface area contributed by atoms with Gasteiger partial charge in [0.1, 0.15) is 11.5 Å². The molecule has 0 fully saturated rings. The number of hydrogen-bond acceptors (Lipinski definition) is 3. The van der Waals surface area contributed by atoms with E-state index in [4.69, 9.17) is 15.9 Å². The van der Waals surface area contributed by atoms with Gasteiger partial charge in [0.15, 0.2) is 0 Å². The van der Waals surface area contributed by atoms with Crippen LogP contribution in [0.1, 0.15) is 0 Å². The van der Waals surface area contributed by atoms with Crippen LogP contribution in [0.2, 0.25) is 0 Å². The van der Waals surface area contributed by atoms with E-state index in [2.05, 4.69) is 0 Å². The van der Waals surface area contributed by atoms with E-state index in [9.17, 15) is 0 Å². The number of hydrogen-bond donors (Lipinski definition) is 3. The molecule has 0 saturated carbocycles. The van der Waals surface area contributed by atoms with Gasteiger partial charge in [0.25, 0.3) is 0 Å². The molecule has 56 valence electrons. The summed E-state index contributed by atoms with van der Waals surface area (Å²) in [6, 6.07) is 3.99. The fourth-order valence-corrected chi connectivity index (χ4v) is 0.542. The van der Waals surface area contributed by atoms with Gasteiger partial charge in [-0.2, -0.15) is 0 Å². The highest BCUT2D eigenvalue weighted by molar-refractivity contribution is 5.85. The van der Waals surface area contributed by atoms with Gasteiger partial charge in [0.05, 0.1) is 5.69 Å². The average molecular weight is 162 g/mol. The third-order valence-electron chi connectivity index (χ3n) is 1.01. The Morgan fingerprint density at radius 3 is 2.20 bits per heavy atom. The van der Waals surface area contributed by atoms with E-state index in [0.717, 1.165) is 0 Å². The summed E-state index contributed by atoms with van der Waals surface area (Å²) in [5.41, 5.74) is 5.40. The van der Waals surface area contributed by atoms with E-state index < -0.39 is 0 Å². The van der Waals surface area contributed by atoms with Crippen LogP contribution in [-0.4, -0.2) is 10.2 Å². The van der Waals surface area contributed by atoms with Gasteiger partial charge in [0.2, 0.25) is 0 Å². The topological polar surface area (TPSA) is 66.5 Å². The molecule has 0 atom stereocenters. The van der Waals surface area contributed by atoms with Gasteiger partial charge in [-0.3, -0.25) is 0 Å². The molecule has 1 aromatic rings. The standard InChI is InChI=1S/C6H7NO2.ClH/c7-5-3-4(8)1-2-6(5)9;/h1-3,8-9H,7H2;1H. The van der Waals surface area contributed by atoms with Crippen LogP contribution in [-0.2, 0) is 0 Å². The predicted molar refractivity (Wildman–Crippen MR) is 41.4 cm³/mol. The maximum Gasteiger partial charge on any atom is 0.138 e. The molecule has 0 aliphatic carbocycles. The molecule has 0 amide bonds. The van der Waals surface area contributed by atoms with E-state index >= 15 is 0 Å². The maximum absolute atomic E-state index is 8.81. The lowest BCUT2D eigenvalue weighted by molar-refractivity contribution is 0.462. The van der Waals surface area contributed by atoms with Gasteiger partial charge in [-0.05, 0) is 12.1 Å². The molecule has 3 nitrogen and oxygen atoms in total. The Kier molecular flexibility index (Phi) is 2.83. The van der Waals surface area contributed by atoms with Crippen molar-refractivity contribution in [2.75, 3.05) is 5.73 Å². The molecule has 0 bridgehead atoms. The molecular formula is C6H8ClNO2. The molecule has 1 rings (SSSR count). The molecule has 0 unspecified atom stereocenters. The van der Waals surface area contributed by atoms with E-state index in [1.54, 1.807) is 0 Å². The van der Waals surface area contributed by atoms with E-state index in [1.165, 1.54) is 18.2 Å². The Morgan fingerprint density at radius 2 is 1.80 bits per heavy atom. The molecule has 4 heteroatoms. The van der Waals surface area contributed by atoms with Crippen molar-refractivity contribution >= 4 is 18.1 Å². The van der Waals surface area contributed by atoms with Crippen molar-refractivity contribution in [3.63, 3.8) is 0 Å². The lowest BCUT2D eigenvalue weighted by Crippen LogP contribution is -1.83. The van der Waals surface area contributed by atoms with Crippen molar-refractivity contribution < 1.29 is 10.2 Å². The summed E-state index contributed by atoms with van der Waals surface area (Å²) in [5, 5.41) is 17.6. The van der Waals surface area contributed by atoms with Crippen LogP contribution in [0.5, 0.6) is 11.5 Å². The Morgan fingerprint density at radius 1 is 1.20 bits per heavy atom. The molecule has 4 N–H and O–H groups in total. The van der Waals surface area contributed by atoms with Crippen LogP contribution in [0.4, 0.5) is 5.69 Å². The minimum absolute atomic E-state index is 0. The van der Waals surface area contributed by atoms with E-state index in [1.807, 2.05) is 0 Å². The van der Waals surface area contributed by atoms with Crippen molar-refractivity contribution in [3.8, 4) is 11.5 Å². The van der Waals surface area contributed by atoms with Crippen molar-refractivity contribution in [1.82, 2.24) is 0 Å². The summed E-state index contributed by atoms with van der Waals surface area (Å²) in [6.45, 7) is 0. The number of phenols is 2. The van der Waals surface area contributed by atoms with Crippen molar-refractivity contribution in [1.29, 1.82) is 0 Å². The van der Waals surface area contributed by atoms with Gasteiger partial charge >= 0.3 is 0 Å². The molecule has 0 radical (unpaired) electrons. The Labute approximate surface area is 64.5 Å². The number of halogens is 1. The second-order valence-corrected chi connectivity index (χ2v) is 1.74. The van der Waals surface area contributed by atoms with Crippen LogP contribution in [0.3, 0.4) is 0 Å². The number of rotatable bonds is 0. The van der Waals surface area contributed by atoms with Crippen LogP contribution in [0, 0.1) is 0 Å². The fraction of sp³-hybridized carbons (Fsp3) is 0. The molecule has 1 aromatic carbocycles. The minimum Gasteiger partial charge on any atom is -0.508 e. The second-order valence-electron chi connectivity index (χ2n) is 1.74. The summed E-state index contributed by atoms with van der Waals surface area (Å²) >= 11 is 0. The Hall–Kier alpha value is -1.09. The number of nitrogen functional groups attached to an aromatic ring is 1. The summed E-state index contributed by atoms with van der Waals surface area (Å²) < 4.78 is 0. The molecule has 0 aliphatic rings. The normalized spacial score (nSPS) is 8.40. The summed E-state index contributed by atoms with van der Waals surface area (Å²) in [5.74, 6) is 0.0538. The minimum atomic E-state index is -0.00667. The number of phenolic OH excluding ortho intramolecular Hbond substituents is 2. The van der Waals surface area contributed by atoms with Gasteiger partial charge < -0.3 is 15.9 Å². The van der Waals surface area contributed by atoms with Gasteiger partial charge in [-0.1, -0.05) is 0 Å². The van der Waals surface area contributed by atoms with Gasteiger partial charge in [-0.25, -0.2) is 0 Å². The number of benzene rings is 1. The highest BCUT2D eigenvalue weighted by Crippen LogP contribution is 2.23. The van der Waals surface area contributed by atoms with Crippen LogP contribution >= 0.6 is 12.4 Å². The smallest absolute Gasteiger partial charge is 0.138 e. The van der Waals surface area contributed by atoms with Gasteiger partial charge in [-0.15, -0.1) is 12.4 Å². The molecule has 0 aromatic heterocycles. The van der Waals surface area contributed by atoms with E-state index in [0.29, 0.717) is 0 Å². The lowest BCUT2D eigenvalue weighted by Gasteiger charge is -1.96. The first-order chi connectivity index (χ1) is 4.20. The SMILES string of the molecule is Cl.Nc1cc(O)ccc1O. The number of anilines is 1. The zero-order valence-electron chi connectivity index (χ0n) is 5.11. The summed E-state index contributed by atoms with van der Waals surface area (Å²) in [6.07, 6.45) is 0. The quantitative estimate of drug-likeness (QED) is 0.303. The van der Waals surface area contributed by atoms with Crippen LogP contribution < -0.4 is 5.73 Å².